The Labute approximate surface area is 421 Å². The lowest BCUT2D eigenvalue weighted by Crippen LogP contribution is -2.45. The van der Waals surface area contributed by atoms with Crippen LogP contribution < -0.4 is 39.7 Å². The number of fused-ring (bicyclic) bond motifs is 2. The van der Waals surface area contributed by atoms with Gasteiger partial charge in [-0.15, -0.1) is 0 Å². The van der Waals surface area contributed by atoms with Gasteiger partial charge in [0.1, 0.15) is 66.5 Å². The summed E-state index contributed by atoms with van der Waals surface area (Å²) < 4.78 is 79.5. The van der Waals surface area contributed by atoms with E-state index in [1.807, 2.05) is 4.98 Å². The van der Waals surface area contributed by atoms with Crippen molar-refractivity contribution in [2.45, 2.75) is 97.2 Å². The summed E-state index contributed by atoms with van der Waals surface area (Å²) in [6.45, 7) is -2.79. The largest absolute Gasteiger partial charge is 0.394 e. The number of aliphatic hydroxyl groups is 12. The molecule has 6 aromatic rings. The predicted molar refractivity (Wildman–Crippen MR) is 239 cm³/mol. The van der Waals surface area contributed by atoms with Gasteiger partial charge in [0.2, 0.25) is 5.95 Å². The summed E-state index contributed by atoms with van der Waals surface area (Å²) >= 11 is 0. The predicted octanol–water partition coefficient (Wildman–Crippen LogP) is -8.89. The average Bonchev–Trinajstić information content (AvgIpc) is 4.27. The Morgan fingerprint density at radius 1 is 0.545 bits per heavy atom. The summed E-state index contributed by atoms with van der Waals surface area (Å²) in [6.07, 6.45) is -14.8. The lowest BCUT2D eigenvalue weighted by atomic mass is 10.1. The van der Waals surface area contributed by atoms with Gasteiger partial charge in [0.25, 0.3) is 34.5 Å². The maximum Gasteiger partial charge on any atom is 0.351 e. The van der Waals surface area contributed by atoms with Crippen molar-refractivity contribution in [2.75, 3.05) is 43.6 Å². The van der Waals surface area contributed by atoms with E-state index in [1.54, 1.807) is 0 Å². The zero-order valence-corrected chi connectivity index (χ0v) is 38.6. The topological polar surface area (TPSA) is 555 Å². The molecule has 16 atom stereocenters. The van der Waals surface area contributed by atoms with E-state index in [0.29, 0.717) is 9.13 Å². The number of rotatable bonds is 8. The van der Waals surface area contributed by atoms with Gasteiger partial charge in [0.05, 0.1) is 39.1 Å². The molecule has 0 spiro atoms. The third-order valence-electron chi connectivity index (χ3n) is 11.9. The molecular weight excluding hydrogens is 1060 g/mol. The lowest BCUT2D eigenvalue weighted by Gasteiger charge is -2.23. The summed E-state index contributed by atoms with van der Waals surface area (Å²) in [4.78, 5) is 71.9. The molecule has 4 saturated heterocycles. The zero-order chi connectivity index (χ0) is 56.9. The maximum atomic E-state index is 14.3. The van der Waals surface area contributed by atoms with E-state index in [1.165, 1.54) is 6.07 Å². The monoisotopic (exact) mass is 1110 g/mol. The van der Waals surface area contributed by atoms with Crippen molar-refractivity contribution in [1.82, 2.24) is 58.1 Å². The molecule has 6 aromatic heterocycles. The summed E-state index contributed by atoms with van der Waals surface area (Å²) in [5, 5.41) is 112. The number of aromatic amines is 2. The average molecular weight is 1110 g/mol. The fourth-order valence-corrected chi connectivity index (χ4v) is 7.96. The van der Waals surface area contributed by atoms with Crippen LogP contribution in [0.5, 0.6) is 0 Å². The second kappa shape index (κ2) is 21.8. The Morgan fingerprint density at radius 3 is 1.39 bits per heavy atom. The first-order valence-corrected chi connectivity index (χ1v) is 21.8. The first-order chi connectivity index (χ1) is 36.1. The standard InChI is InChI=1S/C10H12FN5O5.C10H12FN5O4.C9H12FN3O5.C9H11FN2O6/c11-10(20)5(18)3(1-17)21-8(10)16-2-13-4-6(16)14-9(12)15-7(4)19;11-10(19)6(18)4(1-17)20-9(10)16-3-15-5-7(12)13-2-14-8(5)16;10-9(17)6(15)4(3-14)18-7(9)13-2-1-5(11)12-8(13)16;10-9(17)6(15)4(3-13)18-7(9)12-2-1-5(14)11-8(12)16/h2-3,5,8,17-18,20H,1H2,(H3,12,14,15,19);2-4,6,9,17-19H,1H2,(H2,12,13,14);1-2,4,6-7,14-15,17H,3H2,(H2,11,12,16);1-2,4,6-7,13,15,17H,3H2,(H,11,14,16)/t3-,5-,8-,10-;4-,6-,9-,10-;2*4-,6-,7-,9-/m1111/s1. The number of hydrogen-bond donors (Lipinski definition) is 17. The van der Waals surface area contributed by atoms with Crippen molar-refractivity contribution in [3.05, 3.63) is 85.2 Å². The van der Waals surface area contributed by atoms with Crippen molar-refractivity contribution in [3.8, 4) is 0 Å². The molecule has 422 valence electrons. The van der Waals surface area contributed by atoms with Gasteiger partial charge >= 0.3 is 11.4 Å². The van der Waals surface area contributed by atoms with Crippen molar-refractivity contribution < 1.29 is 97.8 Å². The number of aliphatic hydroxyl groups excluding tert-OH is 8. The molecular formula is C38H47F4N15O20. The molecule has 0 radical (unpaired) electrons. The normalized spacial score (nSPS) is 34.5. The number of nitrogen functional groups attached to an aromatic ring is 3. The van der Waals surface area contributed by atoms with Gasteiger partial charge in [-0.3, -0.25) is 37.8 Å². The van der Waals surface area contributed by atoms with Crippen LogP contribution in [0, 0.1) is 0 Å². The van der Waals surface area contributed by atoms with E-state index in [-0.39, 0.29) is 39.9 Å². The van der Waals surface area contributed by atoms with Crippen LogP contribution in [0.15, 0.2) is 62.7 Å². The van der Waals surface area contributed by atoms with E-state index < -0.39 is 146 Å². The first kappa shape index (κ1) is 57.6. The Bertz CT molecular complexity index is 3300. The van der Waals surface area contributed by atoms with Crippen molar-refractivity contribution in [1.29, 1.82) is 0 Å². The SMILES string of the molecule is Nc1ccn([C@@H]2O[C@H](CO)[C@@H](O)[C@]2(O)F)c(=O)n1.Nc1nc2c(ncn2[C@@H]2O[C@H](CO)[C@@H](O)[C@]2(O)F)c(=O)[nH]1.Nc1ncnc2c1ncn2[C@@H]1O[C@H](CO)[C@@H](O)[C@]1(O)F.O=c1ccn([C@@H]2O[C@H](CO)[C@@H](O)[C@]2(O)F)c(=O)[nH]1. The number of H-pyrrole nitrogens is 2. The van der Waals surface area contributed by atoms with Gasteiger partial charge in [-0.2, -0.15) is 9.97 Å². The van der Waals surface area contributed by atoms with Crippen LogP contribution >= 0.6 is 0 Å². The molecule has 4 fully saturated rings. The quantitative estimate of drug-likeness (QED) is 0.0629. The zero-order valence-electron chi connectivity index (χ0n) is 38.6. The van der Waals surface area contributed by atoms with Crippen LogP contribution in [0.2, 0.25) is 0 Å². The molecule has 35 nitrogen and oxygen atoms in total. The summed E-state index contributed by atoms with van der Waals surface area (Å²) in [6, 6.07) is 2.14. The number of halogens is 4. The van der Waals surface area contributed by atoms with Gasteiger partial charge in [-0.05, 0) is 6.07 Å². The smallest absolute Gasteiger partial charge is 0.351 e. The minimum absolute atomic E-state index is 0.0732. The highest BCUT2D eigenvalue weighted by molar-refractivity contribution is 5.81. The van der Waals surface area contributed by atoms with Gasteiger partial charge in [0.15, 0.2) is 47.5 Å². The van der Waals surface area contributed by atoms with Gasteiger partial charge < -0.3 is 97.4 Å². The number of aromatic nitrogens is 12. The summed E-state index contributed by atoms with van der Waals surface area (Å²) in [7, 11) is 0. The Kier molecular flexibility index (Phi) is 16.3. The molecule has 20 N–H and O–H groups in total. The molecule has 4 aliphatic rings. The lowest BCUT2D eigenvalue weighted by molar-refractivity contribution is -0.197. The summed E-state index contributed by atoms with van der Waals surface area (Å²) in [5.74, 6) is -13.0. The van der Waals surface area contributed by atoms with Crippen LogP contribution in [0.3, 0.4) is 0 Å². The Morgan fingerprint density at radius 2 is 0.961 bits per heavy atom. The van der Waals surface area contributed by atoms with E-state index in [2.05, 4.69) is 34.9 Å². The molecule has 0 aliphatic carbocycles. The van der Waals surface area contributed by atoms with Gasteiger partial charge in [-0.25, -0.2) is 47.1 Å². The molecule has 77 heavy (non-hydrogen) atoms. The van der Waals surface area contributed by atoms with Crippen LogP contribution in [0.4, 0.5) is 35.1 Å². The molecule has 0 aromatic carbocycles. The minimum Gasteiger partial charge on any atom is -0.394 e. The number of hydrogen-bond acceptors (Lipinski definition) is 29. The Balaban J connectivity index is 0.000000149. The molecule has 4 aliphatic heterocycles. The number of anilines is 3. The van der Waals surface area contributed by atoms with Crippen LogP contribution in [0.25, 0.3) is 22.3 Å². The summed E-state index contributed by atoms with van der Waals surface area (Å²) in [5.41, 5.74) is 13.1. The minimum atomic E-state index is -3.25. The fourth-order valence-electron chi connectivity index (χ4n) is 7.96. The highest BCUT2D eigenvalue weighted by Crippen LogP contribution is 2.43. The molecule has 0 bridgehead atoms. The Hall–Kier alpha value is -7.06. The van der Waals surface area contributed by atoms with Crippen LogP contribution in [0.1, 0.15) is 24.9 Å². The number of nitrogens with two attached hydrogens (primary N) is 3. The third-order valence-corrected chi connectivity index (χ3v) is 11.9. The van der Waals surface area contributed by atoms with Gasteiger partial charge in [0, 0.05) is 18.5 Å². The molecule has 0 saturated carbocycles. The number of alkyl halides is 4. The van der Waals surface area contributed by atoms with Crippen LogP contribution in [-0.2, 0) is 18.9 Å². The number of nitrogens with zero attached hydrogens (tertiary/aromatic N) is 10. The van der Waals surface area contributed by atoms with Crippen molar-refractivity contribution in [3.63, 3.8) is 0 Å². The van der Waals surface area contributed by atoms with E-state index in [0.717, 1.165) is 46.6 Å². The number of nitrogens with one attached hydrogen (secondary N) is 2. The van der Waals surface area contributed by atoms with Gasteiger partial charge in [-0.1, -0.05) is 0 Å². The number of imidazole rings is 2. The van der Waals surface area contributed by atoms with E-state index in [9.17, 15) is 77.6 Å². The third kappa shape index (κ3) is 10.6. The molecule has 0 amide bonds. The molecule has 10 heterocycles. The second-order valence-corrected chi connectivity index (χ2v) is 16.9. The first-order valence-electron chi connectivity index (χ1n) is 21.8. The second-order valence-electron chi connectivity index (χ2n) is 16.9. The number of ether oxygens (including phenoxy) is 4. The highest BCUT2D eigenvalue weighted by atomic mass is 19.2. The van der Waals surface area contributed by atoms with E-state index in [4.69, 9.17) is 56.6 Å². The highest BCUT2D eigenvalue weighted by Gasteiger charge is 2.60. The molecule has 39 heteroatoms. The van der Waals surface area contributed by atoms with Crippen LogP contribution in [-0.4, -0.2) is 218 Å². The fraction of sp³-hybridized carbons (Fsp3) is 0.526. The maximum absolute atomic E-state index is 14.3. The molecule has 0 unspecified atom stereocenters. The van der Waals surface area contributed by atoms with E-state index >= 15 is 0 Å². The van der Waals surface area contributed by atoms with Crippen molar-refractivity contribution in [2.24, 2.45) is 0 Å². The van der Waals surface area contributed by atoms with Crippen molar-refractivity contribution >= 4 is 39.9 Å². The molecule has 10 rings (SSSR count).